The van der Waals surface area contributed by atoms with Gasteiger partial charge in [-0.25, -0.2) is 9.37 Å². The maximum atomic E-state index is 14.3. The zero-order chi connectivity index (χ0) is 23.8. The minimum atomic E-state index is -4.75. The van der Waals surface area contributed by atoms with Crippen molar-refractivity contribution in [2.45, 2.75) is 6.18 Å². The molecule has 0 aliphatic carbocycles. The first-order valence-electron chi connectivity index (χ1n) is 9.48. The summed E-state index contributed by atoms with van der Waals surface area (Å²) >= 11 is 0. The fourth-order valence-corrected chi connectivity index (χ4v) is 3.49. The van der Waals surface area contributed by atoms with Gasteiger partial charge in [0.25, 0.3) is 0 Å². The Morgan fingerprint density at radius 2 is 2.00 bits per heavy atom. The summed E-state index contributed by atoms with van der Waals surface area (Å²) in [6.07, 6.45) is 0.294. The SMILES string of the molecule is CNc1cc(F)cc2c1[nH]c1ncc(-c3cncc(C#N)c3)c(N/C=C(\C=N)C(F)(F)F)c12. The number of rotatable bonds is 5. The van der Waals surface area contributed by atoms with Gasteiger partial charge in [-0.3, -0.25) is 4.98 Å². The van der Waals surface area contributed by atoms with Crippen molar-refractivity contribution in [2.24, 2.45) is 0 Å². The zero-order valence-corrected chi connectivity index (χ0v) is 17.0. The molecule has 3 aromatic heterocycles. The number of aromatic nitrogens is 3. The van der Waals surface area contributed by atoms with Crippen LogP contribution in [0.5, 0.6) is 0 Å². The van der Waals surface area contributed by atoms with Gasteiger partial charge in [0.1, 0.15) is 17.5 Å². The van der Waals surface area contributed by atoms with Crippen molar-refractivity contribution in [3.05, 3.63) is 59.9 Å². The van der Waals surface area contributed by atoms with Crippen LogP contribution >= 0.6 is 0 Å². The number of H-pyrrole nitrogens is 1. The Hall–Kier alpha value is -4.46. The molecule has 166 valence electrons. The third kappa shape index (κ3) is 3.94. The van der Waals surface area contributed by atoms with E-state index in [4.69, 9.17) is 5.41 Å². The molecule has 4 aromatic rings. The van der Waals surface area contributed by atoms with Crippen LogP contribution in [0.4, 0.5) is 28.9 Å². The molecule has 0 bridgehead atoms. The van der Waals surface area contributed by atoms with Crippen molar-refractivity contribution < 1.29 is 17.6 Å². The molecule has 33 heavy (non-hydrogen) atoms. The lowest BCUT2D eigenvalue weighted by Crippen LogP contribution is -2.14. The number of nitrogens with zero attached hydrogens (tertiary/aromatic N) is 3. The molecule has 0 atom stereocenters. The van der Waals surface area contributed by atoms with Gasteiger partial charge in [-0.05, 0) is 18.2 Å². The molecule has 0 unspecified atom stereocenters. The minimum Gasteiger partial charge on any atom is -0.386 e. The van der Waals surface area contributed by atoms with Crippen LogP contribution in [0.15, 0.2) is 48.6 Å². The summed E-state index contributed by atoms with van der Waals surface area (Å²) in [5, 5.41) is 22.6. The van der Waals surface area contributed by atoms with Crippen LogP contribution < -0.4 is 10.6 Å². The van der Waals surface area contributed by atoms with E-state index in [0.717, 1.165) is 0 Å². The first-order valence-corrected chi connectivity index (χ1v) is 9.48. The van der Waals surface area contributed by atoms with Crippen molar-refractivity contribution in [1.82, 2.24) is 15.0 Å². The zero-order valence-electron chi connectivity index (χ0n) is 17.0. The highest BCUT2D eigenvalue weighted by atomic mass is 19.4. The van der Waals surface area contributed by atoms with E-state index in [2.05, 4.69) is 25.6 Å². The number of benzene rings is 1. The van der Waals surface area contributed by atoms with Gasteiger partial charge in [-0.2, -0.15) is 18.4 Å². The number of nitrogens with one attached hydrogen (secondary N) is 4. The van der Waals surface area contributed by atoms with E-state index in [1.54, 1.807) is 7.05 Å². The van der Waals surface area contributed by atoms with Crippen molar-refractivity contribution in [3.63, 3.8) is 0 Å². The maximum absolute atomic E-state index is 14.3. The topological polar surface area (TPSA) is 113 Å². The van der Waals surface area contributed by atoms with Crippen LogP contribution in [0.2, 0.25) is 0 Å². The van der Waals surface area contributed by atoms with Gasteiger partial charge in [-0.1, -0.05) is 0 Å². The number of allylic oxidation sites excluding steroid dienone is 1. The van der Waals surface area contributed by atoms with Gasteiger partial charge < -0.3 is 21.0 Å². The average Bonchev–Trinajstić information content (AvgIpc) is 3.16. The third-order valence-corrected chi connectivity index (χ3v) is 5.00. The Morgan fingerprint density at radius 3 is 2.67 bits per heavy atom. The number of hydrogen-bond donors (Lipinski definition) is 4. The standard InChI is InChI=1S/C22H15F4N7/c1-29-17-4-14(23)3-15-18-20(31-9-13(6-28)22(24,25)26)16(10-32-21(18)33-19(15)17)12-2-11(5-27)7-30-8-12/h2-4,6-10,28-29H,1H3,(H2,31,32,33)/b13-9+,28-6?. The van der Waals surface area contributed by atoms with E-state index in [1.165, 1.54) is 36.8 Å². The molecule has 0 spiro atoms. The fourth-order valence-electron chi connectivity index (χ4n) is 3.49. The number of pyridine rings is 2. The van der Waals surface area contributed by atoms with E-state index in [-0.39, 0.29) is 17.5 Å². The molecular weight excluding hydrogens is 438 g/mol. The van der Waals surface area contributed by atoms with E-state index in [1.807, 2.05) is 6.07 Å². The van der Waals surface area contributed by atoms with Crippen molar-refractivity contribution >= 4 is 39.5 Å². The summed E-state index contributed by atoms with van der Waals surface area (Å²) < 4.78 is 54.0. The number of nitriles is 1. The number of aromatic amines is 1. The van der Waals surface area contributed by atoms with Gasteiger partial charge >= 0.3 is 6.18 Å². The normalized spacial score (nSPS) is 12.1. The summed E-state index contributed by atoms with van der Waals surface area (Å²) in [5.74, 6) is -0.553. The van der Waals surface area contributed by atoms with Gasteiger partial charge in [0.2, 0.25) is 0 Å². The number of alkyl halides is 3. The molecule has 7 nitrogen and oxygen atoms in total. The molecule has 0 saturated carbocycles. The predicted molar refractivity (Wildman–Crippen MR) is 118 cm³/mol. The largest absolute Gasteiger partial charge is 0.419 e. The van der Waals surface area contributed by atoms with Crippen LogP contribution in [-0.4, -0.2) is 34.4 Å². The molecule has 4 rings (SSSR count). The van der Waals surface area contributed by atoms with E-state index in [0.29, 0.717) is 45.0 Å². The Balaban J connectivity index is 2.07. The van der Waals surface area contributed by atoms with Crippen molar-refractivity contribution in [2.75, 3.05) is 17.7 Å². The highest BCUT2D eigenvalue weighted by Gasteiger charge is 2.32. The van der Waals surface area contributed by atoms with Crippen molar-refractivity contribution in [3.8, 4) is 17.2 Å². The molecule has 3 heterocycles. The monoisotopic (exact) mass is 453 g/mol. The molecule has 1 aromatic carbocycles. The molecule has 0 fully saturated rings. The van der Waals surface area contributed by atoms with Gasteiger partial charge in [0.15, 0.2) is 0 Å². The summed E-state index contributed by atoms with van der Waals surface area (Å²) in [5.41, 5.74) is 1.22. The Kier molecular flexibility index (Phi) is 5.43. The highest BCUT2D eigenvalue weighted by Crippen LogP contribution is 2.40. The summed E-state index contributed by atoms with van der Waals surface area (Å²) in [4.78, 5) is 11.4. The second-order valence-electron chi connectivity index (χ2n) is 6.98. The second-order valence-corrected chi connectivity index (χ2v) is 6.98. The van der Waals surface area contributed by atoms with Crippen molar-refractivity contribution in [1.29, 1.82) is 10.7 Å². The third-order valence-electron chi connectivity index (χ3n) is 5.00. The van der Waals surface area contributed by atoms with Gasteiger partial charge in [-0.15, -0.1) is 0 Å². The minimum absolute atomic E-state index is 0.180. The molecule has 4 N–H and O–H groups in total. The summed E-state index contributed by atoms with van der Waals surface area (Å²) in [6, 6.07) is 6.01. The molecular formula is C22H15F4N7. The van der Waals surface area contributed by atoms with Crippen LogP contribution in [0.1, 0.15) is 5.56 Å². The fraction of sp³-hybridized carbons (Fsp3) is 0.0909. The smallest absolute Gasteiger partial charge is 0.386 e. The van der Waals surface area contributed by atoms with Gasteiger partial charge in [0, 0.05) is 54.6 Å². The molecule has 0 radical (unpaired) electrons. The lowest BCUT2D eigenvalue weighted by molar-refractivity contribution is -0.0857. The number of anilines is 2. The first kappa shape index (κ1) is 21.8. The Labute approximate surface area is 184 Å². The first-order chi connectivity index (χ1) is 15.8. The maximum Gasteiger partial charge on any atom is 0.419 e. The number of fused-ring (bicyclic) bond motifs is 3. The van der Waals surface area contributed by atoms with Crippen LogP contribution in [0.3, 0.4) is 0 Å². The Morgan fingerprint density at radius 1 is 1.21 bits per heavy atom. The summed E-state index contributed by atoms with van der Waals surface area (Å²) in [7, 11) is 1.61. The lowest BCUT2D eigenvalue weighted by atomic mass is 10.0. The number of hydrogen-bond acceptors (Lipinski definition) is 6. The molecule has 0 aliphatic heterocycles. The van der Waals surface area contributed by atoms with E-state index >= 15 is 0 Å². The quantitative estimate of drug-likeness (QED) is 0.241. The Bertz CT molecular complexity index is 1460. The predicted octanol–water partition coefficient (Wildman–Crippen LogP) is 5.34. The number of halogens is 4. The van der Waals surface area contributed by atoms with Crippen LogP contribution in [0.25, 0.3) is 33.1 Å². The molecule has 0 saturated heterocycles. The van der Waals surface area contributed by atoms with Crippen LogP contribution in [-0.2, 0) is 0 Å². The molecule has 0 amide bonds. The lowest BCUT2D eigenvalue weighted by Gasteiger charge is -2.13. The van der Waals surface area contributed by atoms with E-state index in [9.17, 15) is 22.8 Å². The second kappa shape index (κ2) is 8.23. The highest BCUT2D eigenvalue weighted by molar-refractivity contribution is 6.17. The van der Waals surface area contributed by atoms with E-state index < -0.39 is 17.6 Å². The van der Waals surface area contributed by atoms with Gasteiger partial charge in [0.05, 0.1) is 33.4 Å². The average molecular weight is 453 g/mol. The molecule has 0 aliphatic rings. The van der Waals surface area contributed by atoms with Crippen LogP contribution in [0, 0.1) is 22.6 Å². The molecule has 11 heteroatoms. The summed E-state index contributed by atoms with van der Waals surface area (Å²) in [6.45, 7) is 0.